The van der Waals surface area contributed by atoms with E-state index in [0.717, 1.165) is 25.9 Å². The van der Waals surface area contributed by atoms with Gasteiger partial charge in [-0.05, 0) is 26.2 Å². The van der Waals surface area contributed by atoms with Crippen molar-refractivity contribution in [1.29, 1.82) is 0 Å². The van der Waals surface area contributed by atoms with Gasteiger partial charge in [0.15, 0.2) is 0 Å². The van der Waals surface area contributed by atoms with E-state index in [1.807, 2.05) is 16.7 Å². The van der Waals surface area contributed by atoms with Crippen molar-refractivity contribution in [2.24, 2.45) is 5.73 Å². The van der Waals surface area contributed by atoms with Gasteiger partial charge in [-0.2, -0.15) is 0 Å². The second-order valence-electron chi connectivity index (χ2n) is 4.84. The molecule has 4 heteroatoms. The van der Waals surface area contributed by atoms with Gasteiger partial charge in [-0.1, -0.05) is 0 Å². The summed E-state index contributed by atoms with van der Waals surface area (Å²) in [5, 5.41) is 0. The zero-order valence-electron chi connectivity index (χ0n) is 8.83. The normalized spacial score (nSPS) is 25.9. The Morgan fingerprint density at radius 3 is 2.21 bits per heavy atom. The van der Waals surface area contributed by atoms with Gasteiger partial charge in [-0.3, -0.25) is 0 Å². The van der Waals surface area contributed by atoms with E-state index in [4.69, 9.17) is 5.73 Å². The van der Waals surface area contributed by atoms with Crippen LogP contribution in [0, 0.1) is 0 Å². The number of carbonyl (C=O) groups excluding carboxylic acids is 1. The molecule has 0 saturated carbocycles. The second kappa shape index (κ2) is 3.42. The molecule has 0 atom stereocenters. The number of rotatable bonds is 0. The Labute approximate surface area is 85.0 Å². The molecule has 0 aliphatic carbocycles. The summed E-state index contributed by atoms with van der Waals surface area (Å²) >= 11 is 0. The molecule has 0 aromatic rings. The zero-order chi connectivity index (χ0) is 10.2. The molecule has 2 N–H and O–H groups in total. The number of hydrogen-bond donors (Lipinski definition) is 1. The first-order valence-corrected chi connectivity index (χ1v) is 5.41. The van der Waals surface area contributed by atoms with Crippen molar-refractivity contribution in [3.8, 4) is 0 Å². The Balaban J connectivity index is 1.84. The van der Waals surface area contributed by atoms with Crippen LogP contribution < -0.4 is 5.73 Å². The number of carbonyl (C=O) groups is 1. The van der Waals surface area contributed by atoms with Gasteiger partial charge in [0.2, 0.25) is 0 Å². The number of nitrogens with zero attached hydrogens (tertiary/aromatic N) is 2. The monoisotopic (exact) mass is 197 g/mol. The molecule has 2 fully saturated rings. The molecule has 0 radical (unpaired) electrons. The van der Waals surface area contributed by atoms with Crippen LogP contribution in [0.4, 0.5) is 4.79 Å². The summed E-state index contributed by atoms with van der Waals surface area (Å²) in [4.78, 5) is 15.7. The summed E-state index contributed by atoms with van der Waals surface area (Å²) in [7, 11) is 0. The average Bonchev–Trinajstić information content (AvgIpc) is 2.14. The summed E-state index contributed by atoms with van der Waals surface area (Å²) in [6.07, 6.45) is 3.57. The van der Waals surface area contributed by atoms with Crippen molar-refractivity contribution >= 4 is 6.03 Å². The predicted molar refractivity (Wildman–Crippen MR) is 55.0 cm³/mol. The minimum Gasteiger partial charge on any atom is -0.325 e. The number of amides is 2. The molecule has 2 saturated heterocycles. The largest absolute Gasteiger partial charge is 0.325 e. The van der Waals surface area contributed by atoms with Crippen LogP contribution in [-0.2, 0) is 0 Å². The first-order chi connectivity index (χ1) is 6.58. The second-order valence-corrected chi connectivity index (χ2v) is 4.84. The average molecular weight is 197 g/mol. The Morgan fingerprint density at radius 2 is 1.71 bits per heavy atom. The summed E-state index contributed by atoms with van der Waals surface area (Å²) in [6, 6.07) is 0.188. The number of urea groups is 1. The van der Waals surface area contributed by atoms with Gasteiger partial charge < -0.3 is 15.5 Å². The van der Waals surface area contributed by atoms with Crippen molar-refractivity contribution in [3.63, 3.8) is 0 Å². The Kier molecular flexibility index (Phi) is 2.39. The third kappa shape index (κ3) is 1.85. The van der Waals surface area contributed by atoms with Crippen LogP contribution in [0.1, 0.15) is 26.2 Å². The molecule has 2 amide bonds. The first-order valence-electron chi connectivity index (χ1n) is 5.41. The fraction of sp³-hybridized carbons (Fsp3) is 0.900. The van der Waals surface area contributed by atoms with E-state index >= 15 is 0 Å². The van der Waals surface area contributed by atoms with Crippen molar-refractivity contribution < 1.29 is 4.79 Å². The van der Waals surface area contributed by atoms with Crippen LogP contribution in [-0.4, -0.2) is 47.5 Å². The molecular formula is C10H19N3O. The van der Waals surface area contributed by atoms with E-state index in [9.17, 15) is 4.79 Å². The van der Waals surface area contributed by atoms with E-state index < -0.39 is 0 Å². The van der Waals surface area contributed by atoms with Crippen LogP contribution in [0.15, 0.2) is 0 Å². The standard InChI is InChI=1S/C10H19N3O/c1-10(11)7-13(8-10)9(14)12-5-3-2-4-6-12/h2-8,11H2,1H3. The molecule has 80 valence electrons. The Morgan fingerprint density at radius 1 is 1.14 bits per heavy atom. The summed E-state index contributed by atoms with van der Waals surface area (Å²) in [5.41, 5.74) is 5.72. The van der Waals surface area contributed by atoms with E-state index in [1.165, 1.54) is 6.42 Å². The lowest BCUT2D eigenvalue weighted by Crippen LogP contribution is -2.68. The van der Waals surface area contributed by atoms with E-state index in [-0.39, 0.29) is 11.6 Å². The number of likely N-dealkylation sites (tertiary alicyclic amines) is 2. The van der Waals surface area contributed by atoms with Crippen LogP contribution in [0.3, 0.4) is 0 Å². The zero-order valence-corrected chi connectivity index (χ0v) is 8.83. The molecule has 2 aliphatic heterocycles. The SMILES string of the molecule is CC1(N)CN(C(=O)N2CCCCC2)C1. The van der Waals surface area contributed by atoms with Gasteiger partial charge in [-0.15, -0.1) is 0 Å². The van der Waals surface area contributed by atoms with E-state index in [2.05, 4.69) is 0 Å². The molecule has 4 nitrogen and oxygen atoms in total. The molecule has 2 heterocycles. The first kappa shape index (κ1) is 9.77. The molecule has 0 aromatic carbocycles. The molecular weight excluding hydrogens is 178 g/mol. The van der Waals surface area contributed by atoms with Crippen LogP contribution in [0.25, 0.3) is 0 Å². The maximum absolute atomic E-state index is 11.9. The van der Waals surface area contributed by atoms with Gasteiger partial charge in [0, 0.05) is 31.7 Å². The smallest absolute Gasteiger partial charge is 0.320 e. The lowest BCUT2D eigenvalue weighted by molar-refractivity contribution is 0.0758. The van der Waals surface area contributed by atoms with Gasteiger partial charge in [0.1, 0.15) is 0 Å². The van der Waals surface area contributed by atoms with Gasteiger partial charge in [0.25, 0.3) is 0 Å². The van der Waals surface area contributed by atoms with Crippen LogP contribution >= 0.6 is 0 Å². The van der Waals surface area contributed by atoms with Crippen molar-refractivity contribution in [1.82, 2.24) is 9.80 Å². The minimum atomic E-state index is -0.147. The quantitative estimate of drug-likeness (QED) is 0.619. The van der Waals surface area contributed by atoms with Crippen molar-refractivity contribution in [3.05, 3.63) is 0 Å². The topological polar surface area (TPSA) is 49.6 Å². The summed E-state index contributed by atoms with van der Waals surface area (Å²) in [5.74, 6) is 0. The molecule has 0 bridgehead atoms. The van der Waals surface area contributed by atoms with Crippen molar-refractivity contribution in [2.45, 2.75) is 31.7 Å². The van der Waals surface area contributed by atoms with Crippen LogP contribution in [0.2, 0.25) is 0 Å². The fourth-order valence-corrected chi connectivity index (χ4v) is 2.25. The fourth-order valence-electron chi connectivity index (χ4n) is 2.25. The highest BCUT2D eigenvalue weighted by Gasteiger charge is 2.39. The van der Waals surface area contributed by atoms with E-state index in [0.29, 0.717) is 13.1 Å². The van der Waals surface area contributed by atoms with Crippen molar-refractivity contribution in [2.75, 3.05) is 26.2 Å². The maximum Gasteiger partial charge on any atom is 0.320 e. The molecule has 14 heavy (non-hydrogen) atoms. The molecule has 0 spiro atoms. The third-order valence-electron chi connectivity index (χ3n) is 3.00. The molecule has 2 rings (SSSR count). The van der Waals surface area contributed by atoms with Gasteiger partial charge in [0.05, 0.1) is 0 Å². The molecule has 0 unspecified atom stereocenters. The van der Waals surface area contributed by atoms with E-state index in [1.54, 1.807) is 0 Å². The van der Waals surface area contributed by atoms with Gasteiger partial charge in [-0.25, -0.2) is 4.79 Å². The summed E-state index contributed by atoms with van der Waals surface area (Å²) < 4.78 is 0. The highest BCUT2D eigenvalue weighted by molar-refractivity contribution is 5.75. The molecule has 0 aromatic heterocycles. The highest BCUT2D eigenvalue weighted by atomic mass is 16.2. The lowest BCUT2D eigenvalue weighted by atomic mass is 9.94. The Bertz CT molecular complexity index is 226. The number of nitrogens with two attached hydrogens (primary N) is 1. The van der Waals surface area contributed by atoms with Crippen LogP contribution in [0.5, 0.6) is 0 Å². The highest BCUT2D eigenvalue weighted by Crippen LogP contribution is 2.20. The minimum absolute atomic E-state index is 0.147. The summed E-state index contributed by atoms with van der Waals surface area (Å²) in [6.45, 7) is 5.27. The number of piperidine rings is 1. The Hall–Kier alpha value is -0.770. The number of hydrogen-bond acceptors (Lipinski definition) is 2. The maximum atomic E-state index is 11.9. The molecule has 2 aliphatic rings. The third-order valence-corrected chi connectivity index (χ3v) is 3.00. The predicted octanol–water partition coefficient (Wildman–Crippen LogP) is 0.625. The van der Waals surface area contributed by atoms with Gasteiger partial charge >= 0.3 is 6.03 Å². The lowest BCUT2D eigenvalue weighted by Gasteiger charge is -2.47.